The van der Waals surface area contributed by atoms with Crippen molar-refractivity contribution >= 4 is 34.4 Å². The summed E-state index contributed by atoms with van der Waals surface area (Å²) in [6.07, 6.45) is 6.33. The third-order valence-electron chi connectivity index (χ3n) is 6.47. The number of amides is 1. The lowest BCUT2D eigenvalue weighted by Gasteiger charge is -2.30. The number of anilines is 2. The topological polar surface area (TPSA) is 57.3 Å². The Morgan fingerprint density at radius 2 is 1.73 bits per heavy atom. The van der Waals surface area contributed by atoms with Crippen molar-refractivity contribution in [3.8, 4) is 0 Å². The molecule has 1 amide bonds. The van der Waals surface area contributed by atoms with Crippen LogP contribution in [0.4, 0.5) is 11.5 Å². The van der Waals surface area contributed by atoms with E-state index in [2.05, 4.69) is 53.9 Å². The van der Waals surface area contributed by atoms with Gasteiger partial charge in [-0.1, -0.05) is 48.5 Å². The van der Waals surface area contributed by atoms with E-state index < -0.39 is 0 Å². The Morgan fingerprint density at radius 1 is 1.03 bits per heavy atom. The minimum atomic E-state index is 0.0238. The van der Waals surface area contributed by atoms with E-state index in [-0.39, 0.29) is 5.91 Å². The molecule has 1 aromatic heterocycles. The van der Waals surface area contributed by atoms with Gasteiger partial charge in [-0.15, -0.1) is 0 Å². The summed E-state index contributed by atoms with van der Waals surface area (Å²) < 4.78 is 0. The van der Waals surface area contributed by atoms with Crippen LogP contribution in [0.3, 0.4) is 0 Å². The summed E-state index contributed by atoms with van der Waals surface area (Å²) in [5.74, 6) is 1.49. The third-order valence-corrected chi connectivity index (χ3v) is 6.47. The van der Waals surface area contributed by atoms with Gasteiger partial charge >= 0.3 is 0 Å². The van der Waals surface area contributed by atoms with E-state index in [1.54, 1.807) is 0 Å². The van der Waals surface area contributed by atoms with Gasteiger partial charge in [0.2, 0.25) is 5.91 Å². The van der Waals surface area contributed by atoms with Gasteiger partial charge in [-0.2, -0.15) is 0 Å². The van der Waals surface area contributed by atoms with E-state index in [0.29, 0.717) is 12.0 Å². The Balaban J connectivity index is 1.29. The minimum absolute atomic E-state index is 0.0238. The third kappa shape index (κ3) is 5.92. The van der Waals surface area contributed by atoms with Crippen LogP contribution in [0.2, 0.25) is 0 Å². The standard InChI is InChI=1S/C28H34N4O/c1-20(17-21-9-5-4-6-10-21)28(33)29-19-22-13-15-23(16-14-22)30-27-18-26(32(2)3)24-11-7-8-12-25(24)31-27/h4-12,17-18,22-23H,13-16,19H2,1-3H3,(H,29,33)(H,30,31)/t22-,23+. The predicted molar refractivity (Wildman–Crippen MR) is 139 cm³/mol. The van der Waals surface area contributed by atoms with Crippen LogP contribution in [0.25, 0.3) is 17.0 Å². The lowest BCUT2D eigenvalue weighted by atomic mass is 9.86. The number of aromatic nitrogens is 1. The van der Waals surface area contributed by atoms with Gasteiger partial charge in [-0.3, -0.25) is 4.79 Å². The van der Waals surface area contributed by atoms with E-state index in [1.165, 1.54) is 11.1 Å². The van der Waals surface area contributed by atoms with Gasteiger partial charge in [0.25, 0.3) is 0 Å². The molecule has 5 nitrogen and oxygen atoms in total. The van der Waals surface area contributed by atoms with Gasteiger partial charge in [-0.25, -0.2) is 4.98 Å². The Kier molecular flexibility index (Phi) is 7.28. The summed E-state index contributed by atoms with van der Waals surface area (Å²) >= 11 is 0. The molecule has 1 fully saturated rings. The average molecular weight is 443 g/mol. The summed E-state index contributed by atoms with van der Waals surface area (Å²) in [5, 5.41) is 7.97. The van der Waals surface area contributed by atoms with E-state index in [1.807, 2.05) is 49.4 Å². The van der Waals surface area contributed by atoms with Crippen molar-refractivity contribution in [3.05, 3.63) is 71.8 Å². The number of rotatable bonds is 7. The highest BCUT2D eigenvalue weighted by Gasteiger charge is 2.22. The molecule has 0 bridgehead atoms. The molecule has 0 atom stereocenters. The van der Waals surface area contributed by atoms with Crippen molar-refractivity contribution in [2.45, 2.75) is 38.6 Å². The van der Waals surface area contributed by atoms with Crippen LogP contribution < -0.4 is 15.5 Å². The molecular formula is C28H34N4O. The Bertz CT molecular complexity index is 1120. The fourth-order valence-corrected chi connectivity index (χ4v) is 4.56. The van der Waals surface area contributed by atoms with Crippen molar-refractivity contribution in [3.63, 3.8) is 0 Å². The Hall–Kier alpha value is -3.34. The van der Waals surface area contributed by atoms with Crippen LogP contribution in [0, 0.1) is 5.92 Å². The van der Waals surface area contributed by atoms with E-state index in [4.69, 9.17) is 4.98 Å². The lowest BCUT2D eigenvalue weighted by Crippen LogP contribution is -2.34. The van der Waals surface area contributed by atoms with Gasteiger partial charge < -0.3 is 15.5 Å². The molecule has 2 aromatic carbocycles. The van der Waals surface area contributed by atoms with Crippen LogP contribution in [-0.4, -0.2) is 37.6 Å². The van der Waals surface area contributed by atoms with Crippen molar-refractivity contribution in [1.29, 1.82) is 0 Å². The molecule has 0 unspecified atom stereocenters. The number of benzene rings is 2. The van der Waals surface area contributed by atoms with Gasteiger partial charge in [0.05, 0.1) is 5.52 Å². The van der Waals surface area contributed by atoms with Crippen molar-refractivity contribution < 1.29 is 4.79 Å². The van der Waals surface area contributed by atoms with Crippen molar-refractivity contribution in [1.82, 2.24) is 10.3 Å². The molecule has 5 heteroatoms. The van der Waals surface area contributed by atoms with Gasteiger partial charge in [0, 0.05) is 49.4 Å². The number of hydrogen-bond acceptors (Lipinski definition) is 4. The zero-order valence-electron chi connectivity index (χ0n) is 19.8. The fraction of sp³-hybridized carbons (Fsp3) is 0.357. The molecule has 4 rings (SSSR count). The van der Waals surface area contributed by atoms with Crippen LogP contribution in [0.15, 0.2) is 66.2 Å². The lowest BCUT2D eigenvalue weighted by molar-refractivity contribution is -0.117. The molecule has 1 aliphatic carbocycles. The molecule has 0 saturated heterocycles. The van der Waals surface area contributed by atoms with Crippen molar-refractivity contribution in [2.24, 2.45) is 5.92 Å². The molecule has 1 heterocycles. The summed E-state index contributed by atoms with van der Waals surface area (Å²) in [5.41, 5.74) is 3.99. The summed E-state index contributed by atoms with van der Waals surface area (Å²) in [4.78, 5) is 19.5. The van der Waals surface area contributed by atoms with Gasteiger partial charge in [0.15, 0.2) is 0 Å². The number of carbonyl (C=O) groups excluding carboxylic acids is 1. The first-order valence-electron chi connectivity index (χ1n) is 11.8. The molecule has 1 saturated carbocycles. The molecular weight excluding hydrogens is 408 g/mol. The first-order chi connectivity index (χ1) is 16.0. The quantitative estimate of drug-likeness (QED) is 0.475. The van der Waals surface area contributed by atoms with E-state index in [9.17, 15) is 4.79 Å². The van der Waals surface area contributed by atoms with Crippen LogP contribution in [0.1, 0.15) is 38.2 Å². The fourth-order valence-electron chi connectivity index (χ4n) is 4.56. The normalized spacial score (nSPS) is 18.7. The van der Waals surface area contributed by atoms with Gasteiger partial charge in [-0.05, 0) is 56.2 Å². The number of nitrogens with zero attached hydrogens (tertiary/aromatic N) is 2. The molecule has 0 radical (unpaired) electrons. The number of hydrogen-bond donors (Lipinski definition) is 2. The van der Waals surface area contributed by atoms with Crippen LogP contribution in [-0.2, 0) is 4.79 Å². The van der Waals surface area contributed by atoms with E-state index in [0.717, 1.165) is 54.7 Å². The second kappa shape index (κ2) is 10.5. The largest absolute Gasteiger partial charge is 0.377 e. The Labute approximate surface area is 196 Å². The summed E-state index contributed by atoms with van der Waals surface area (Å²) in [6, 6.07) is 20.8. The van der Waals surface area contributed by atoms with E-state index >= 15 is 0 Å². The maximum Gasteiger partial charge on any atom is 0.246 e. The number of fused-ring (bicyclic) bond motifs is 1. The number of nitrogens with one attached hydrogen (secondary N) is 2. The first kappa shape index (κ1) is 22.8. The van der Waals surface area contributed by atoms with Crippen LogP contribution >= 0.6 is 0 Å². The first-order valence-corrected chi connectivity index (χ1v) is 11.8. The number of pyridine rings is 1. The molecule has 3 aromatic rings. The van der Waals surface area contributed by atoms with Crippen LogP contribution in [0.5, 0.6) is 0 Å². The smallest absolute Gasteiger partial charge is 0.246 e. The number of carbonyl (C=O) groups is 1. The average Bonchev–Trinajstić information content (AvgIpc) is 2.83. The van der Waals surface area contributed by atoms with Gasteiger partial charge in [0.1, 0.15) is 5.82 Å². The maximum absolute atomic E-state index is 12.5. The molecule has 33 heavy (non-hydrogen) atoms. The monoisotopic (exact) mass is 442 g/mol. The predicted octanol–water partition coefficient (Wildman–Crippen LogP) is 5.49. The second-order valence-corrected chi connectivity index (χ2v) is 9.25. The highest BCUT2D eigenvalue weighted by atomic mass is 16.1. The highest BCUT2D eigenvalue weighted by molar-refractivity contribution is 5.97. The molecule has 0 spiro atoms. The SMILES string of the molecule is CC(=Cc1ccccc1)C(=O)NC[C@H]1CC[C@@H](Nc2cc(N(C)C)c3ccccc3n2)CC1. The maximum atomic E-state index is 12.5. The molecule has 172 valence electrons. The minimum Gasteiger partial charge on any atom is -0.377 e. The number of para-hydroxylation sites is 1. The zero-order valence-corrected chi connectivity index (χ0v) is 19.8. The van der Waals surface area contributed by atoms with Crippen molar-refractivity contribution in [2.75, 3.05) is 30.9 Å². The molecule has 0 aliphatic heterocycles. The summed E-state index contributed by atoms with van der Waals surface area (Å²) in [6.45, 7) is 2.62. The molecule has 2 N–H and O–H groups in total. The summed E-state index contributed by atoms with van der Waals surface area (Å²) in [7, 11) is 4.14. The molecule has 1 aliphatic rings. The zero-order chi connectivity index (χ0) is 23.2. The highest BCUT2D eigenvalue weighted by Crippen LogP contribution is 2.30. The Morgan fingerprint density at radius 3 is 2.45 bits per heavy atom. The second-order valence-electron chi connectivity index (χ2n) is 9.25.